The minimum atomic E-state index is -0.777. The maximum Gasteiger partial charge on any atom is 0.319 e. The second kappa shape index (κ2) is 11.5. The van der Waals surface area contributed by atoms with Crippen molar-refractivity contribution in [3.63, 3.8) is 0 Å². The van der Waals surface area contributed by atoms with E-state index in [9.17, 15) is 4.79 Å². The van der Waals surface area contributed by atoms with Crippen LogP contribution in [0.25, 0.3) is 0 Å². The van der Waals surface area contributed by atoms with Gasteiger partial charge in [-0.25, -0.2) is 9.78 Å². The molecule has 186 valence electrons. The molecule has 1 aliphatic heterocycles. The number of hydrogen-bond acceptors (Lipinski definition) is 5. The third kappa shape index (κ3) is 7.24. The fraction of sp³-hybridized carbons (Fsp3) is 0.385. The summed E-state index contributed by atoms with van der Waals surface area (Å²) >= 11 is 7.66. The number of amides is 2. The number of benzene rings is 2. The molecule has 0 radical (unpaired) electrons. The summed E-state index contributed by atoms with van der Waals surface area (Å²) in [6.07, 6.45) is 7.84. The number of carbonyl (C=O) groups excluding carboxylic acids is 1. The molecule has 7 nitrogen and oxygen atoms in total. The first-order valence-corrected chi connectivity index (χ1v) is 12.9. The van der Waals surface area contributed by atoms with E-state index in [4.69, 9.17) is 21.1 Å². The van der Waals surface area contributed by atoms with Crippen molar-refractivity contribution < 1.29 is 14.3 Å². The first-order chi connectivity index (χ1) is 16.9. The normalized spacial score (nSPS) is 21.7. The van der Waals surface area contributed by atoms with E-state index in [-0.39, 0.29) is 6.03 Å². The molecule has 2 N–H and O–H groups in total. The zero-order valence-corrected chi connectivity index (χ0v) is 21.6. The minimum Gasteiger partial charge on any atom is -0.344 e. The quantitative estimate of drug-likeness (QED) is 0.349. The highest BCUT2D eigenvalue weighted by Crippen LogP contribution is 2.45. The minimum absolute atomic E-state index is 0.197. The molecule has 3 aromatic rings. The van der Waals surface area contributed by atoms with Gasteiger partial charge in [0.05, 0.1) is 19.5 Å². The van der Waals surface area contributed by atoms with Gasteiger partial charge in [0.15, 0.2) is 5.79 Å². The van der Waals surface area contributed by atoms with Crippen LogP contribution in [0, 0.1) is 0 Å². The zero-order valence-electron chi connectivity index (χ0n) is 20.0. The van der Waals surface area contributed by atoms with Gasteiger partial charge in [0.1, 0.15) is 4.93 Å². The van der Waals surface area contributed by atoms with Gasteiger partial charge < -0.3 is 24.7 Å². The van der Waals surface area contributed by atoms with Gasteiger partial charge in [-0.05, 0) is 61.7 Å². The number of urea groups is 1. The van der Waals surface area contributed by atoms with Gasteiger partial charge in [-0.2, -0.15) is 0 Å². The molecule has 0 aliphatic carbocycles. The predicted molar refractivity (Wildman–Crippen MR) is 140 cm³/mol. The average molecular weight is 515 g/mol. The number of carbonyl (C=O) groups is 1. The Morgan fingerprint density at radius 1 is 1.20 bits per heavy atom. The van der Waals surface area contributed by atoms with E-state index in [0.29, 0.717) is 26.1 Å². The Kier molecular flexibility index (Phi) is 8.38. The molecule has 2 atom stereocenters. The van der Waals surface area contributed by atoms with E-state index in [1.165, 1.54) is 5.56 Å². The van der Waals surface area contributed by atoms with Crippen LogP contribution < -0.4 is 10.6 Å². The molecular weight excluding hydrogens is 484 g/mol. The van der Waals surface area contributed by atoms with E-state index in [1.54, 1.807) is 24.3 Å². The molecule has 0 unspecified atom stereocenters. The Morgan fingerprint density at radius 3 is 2.66 bits per heavy atom. The van der Waals surface area contributed by atoms with Crippen LogP contribution in [0.3, 0.4) is 0 Å². The van der Waals surface area contributed by atoms with Crippen molar-refractivity contribution in [3.8, 4) is 0 Å². The summed E-state index contributed by atoms with van der Waals surface area (Å²) in [6, 6.07) is 15.4. The molecule has 1 aromatic heterocycles. The summed E-state index contributed by atoms with van der Waals surface area (Å²) in [7, 11) is 0. The van der Waals surface area contributed by atoms with E-state index in [1.807, 2.05) is 66.2 Å². The van der Waals surface area contributed by atoms with Crippen molar-refractivity contribution in [2.24, 2.45) is 0 Å². The SMILES string of the molecule is CCCNC(=O)Nc1ccc(S[C@@]2(C)CO[C@](CCc3ccc(Cl)cc3)(Cn3ccnc3)O2)cc1. The van der Waals surface area contributed by atoms with E-state index in [0.717, 1.165) is 28.4 Å². The highest BCUT2D eigenvalue weighted by molar-refractivity contribution is 8.00. The molecular formula is C26H31ClN4O3S. The van der Waals surface area contributed by atoms with Gasteiger partial charge >= 0.3 is 6.03 Å². The number of aryl methyl sites for hydroxylation is 1. The molecule has 0 spiro atoms. The Balaban J connectivity index is 1.42. The molecule has 1 saturated heterocycles. The van der Waals surface area contributed by atoms with Crippen LogP contribution in [0.2, 0.25) is 5.02 Å². The van der Waals surface area contributed by atoms with Crippen molar-refractivity contribution in [1.29, 1.82) is 0 Å². The maximum atomic E-state index is 11.9. The molecule has 9 heteroatoms. The van der Waals surface area contributed by atoms with Crippen LogP contribution in [0.4, 0.5) is 10.5 Å². The second-order valence-corrected chi connectivity index (χ2v) is 10.8. The Bertz CT molecular complexity index is 1090. The second-order valence-electron chi connectivity index (χ2n) is 8.80. The van der Waals surface area contributed by atoms with Crippen LogP contribution in [-0.2, 0) is 22.4 Å². The highest BCUT2D eigenvalue weighted by Gasteiger charge is 2.48. The number of rotatable bonds is 10. The summed E-state index contributed by atoms with van der Waals surface area (Å²) in [4.78, 5) is 16.5. The summed E-state index contributed by atoms with van der Waals surface area (Å²) in [5.41, 5.74) is 1.92. The van der Waals surface area contributed by atoms with Crippen molar-refractivity contribution in [2.45, 2.75) is 55.3 Å². The lowest BCUT2D eigenvalue weighted by Crippen LogP contribution is -2.38. The molecule has 35 heavy (non-hydrogen) atoms. The van der Waals surface area contributed by atoms with Crippen LogP contribution in [-0.4, -0.2) is 39.5 Å². The summed E-state index contributed by atoms with van der Waals surface area (Å²) < 4.78 is 15.1. The van der Waals surface area contributed by atoms with Gasteiger partial charge in [0.2, 0.25) is 0 Å². The largest absolute Gasteiger partial charge is 0.344 e. The van der Waals surface area contributed by atoms with E-state index >= 15 is 0 Å². The number of ether oxygens (including phenoxy) is 2. The van der Waals surface area contributed by atoms with Gasteiger partial charge in [0, 0.05) is 41.0 Å². The maximum absolute atomic E-state index is 11.9. The fourth-order valence-corrected chi connectivity index (χ4v) is 5.17. The van der Waals surface area contributed by atoms with Crippen LogP contribution in [0.5, 0.6) is 0 Å². The number of hydrogen-bond donors (Lipinski definition) is 2. The number of imidazole rings is 1. The molecule has 2 amide bonds. The van der Waals surface area contributed by atoms with Crippen LogP contribution in [0.15, 0.2) is 72.1 Å². The van der Waals surface area contributed by atoms with Crippen molar-refractivity contribution in [2.75, 3.05) is 18.5 Å². The lowest BCUT2D eigenvalue weighted by Gasteiger charge is -2.31. The number of thioether (sulfide) groups is 1. The van der Waals surface area contributed by atoms with Gasteiger partial charge in [-0.3, -0.25) is 0 Å². The molecule has 4 rings (SSSR count). The Hall–Kier alpha value is -2.52. The number of nitrogens with one attached hydrogen (secondary N) is 2. The first-order valence-electron chi connectivity index (χ1n) is 11.8. The van der Waals surface area contributed by atoms with E-state index < -0.39 is 10.7 Å². The summed E-state index contributed by atoms with van der Waals surface area (Å²) in [6.45, 7) is 5.72. The average Bonchev–Trinajstić information content (AvgIpc) is 3.47. The molecule has 1 aliphatic rings. The lowest BCUT2D eigenvalue weighted by molar-refractivity contribution is -0.184. The predicted octanol–water partition coefficient (Wildman–Crippen LogP) is 5.95. The number of anilines is 1. The third-order valence-corrected chi connectivity index (χ3v) is 7.06. The van der Waals surface area contributed by atoms with E-state index in [2.05, 4.69) is 22.5 Å². The first kappa shape index (κ1) is 25.6. The Morgan fingerprint density at radius 2 is 1.97 bits per heavy atom. The smallest absolute Gasteiger partial charge is 0.319 e. The summed E-state index contributed by atoms with van der Waals surface area (Å²) in [5, 5.41) is 6.38. The van der Waals surface area contributed by atoms with Crippen molar-refractivity contribution in [1.82, 2.24) is 14.9 Å². The fourth-order valence-electron chi connectivity index (χ4n) is 3.96. The molecule has 1 fully saturated rings. The highest BCUT2D eigenvalue weighted by atomic mass is 35.5. The molecule has 0 saturated carbocycles. The summed E-state index contributed by atoms with van der Waals surface area (Å²) in [5.74, 6) is -0.777. The number of halogens is 1. The monoisotopic (exact) mass is 514 g/mol. The van der Waals surface area contributed by atoms with Crippen molar-refractivity contribution >= 4 is 35.1 Å². The van der Waals surface area contributed by atoms with Gasteiger partial charge in [0.25, 0.3) is 0 Å². The lowest BCUT2D eigenvalue weighted by atomic mass is 10.0. The topological polar surface area (TPSA) is 77.4 Å². The Labute approximate surface area is 215 Å². The van der Waals surface area contributed by atoms with Crippen LogP contribution >= 0.6 is 23.4 Å². The third-order valence-electron chi connectivity index (χ3n) is 5.67. The van der Waals surface area contributed by atoms with Gasteiger partial charge in [-0.15, -0.1) is 0 Å². The van der Waals surface area contributed by atoms with Gasteiger partial charge in [-0.1, -0.05) is 42.4 Å². The zero-order chi connectivity index (χ0) is 24.7. The van der Waals surface area contributed by atoms with Crippen molar-refractivity contribution in [3.05, 3.63) is 77.8 Å². The van der Waals surface area contributed by atoms with Crippen LogP contribution in [0.1, 0.15) is 32.3 Å². The standard InChI is InChI=1S/C26H31ClN4O3S/c1-3-14-29-24(32)30-22-8-10-23(11-9-22)35-25(2)18-33-26(34-25,17-31-16-15-28-19-31)13-12-20-4-6-21(27)7-5-20/h4-11,15-16,19H,3,12-14,17-18H2,1-2H3,(H2,29,30,32)/t25-,26-/m0/s1. The molecule has 2 heterocycles. The number of nitrogens with zero attached hydrogens (tertiary/aromatic N) is 2. The molecule has 0 bridgehead atoms. The number of aromatic nitrogens is 2. The molecule has 2 aromatic carbocycles.